The first-order valence-corrected chi connectivity index (χ1v) is 7.17. The Morgan fingerprint density at radius 1 is 1.30 bits per heavy atom. The first-order valence-electron chi connectivity index (χ1n) is 7.17. The largest absolute Gasteiger partial charge is 1.00 e. The van der Waals surface area contributed by atoms with Gasteiger partial charge in [0, 0.05) is 6.07 Å². The molecule has 1 atom stereocenters. The normalized spacial score (nSPS) is 16.1. The number of aromatic carboxylic acids is 1. The van der Waals surface area contributed by atoms with Gasteiger partial charge in [-0.3, -0.25) is 4.79 Å². The predicted molar refractivity (Wildman–Crippen MR) is 76.8 cm³/mol. The van der Waals surface area contributed by atoms with E-state index in [1.165, 1.54) is 11.1 Å². The number of fused-ring (bicyclic) bond motifs is 1. The second kappa shape index (κ2) is 7.81. The summed E-state index contributed by atoms with van der Waals surface area (Å²) in [6.07, 6.45) is 3.95. The molecule has 0 amide bonds. The molecule has 6 heteroatoms. The first-order chi connectivity index (χ1) is 10.6. The van der Waals surface area contributed by atoms with Gasteiger partial charge in [-0.15, -0.1) is 0 Å². The minimum atomic E-state index is -1.52. The molecule has 23 heavy (non-hydrogen) atoms. The molecule has 1 aliphatic carbocycles. The summed E-state index contributed by atoms with van der Waals surface area (Å²) in [4.78, 5) is 22.3. The second-order valence-corrected chi connectivity index (χ2v) is 5.45. The van der Waals surface area contributed by atoms with Crippen molar-refractivity contribution in [1.82, 2.24) is 0 Å². The van der Waals surface area contributed by atoms with Crippen LogP contribution in [0.15, 0.2) is 45.8 Å². The molecule has 1 unspecified atom stereocenters. The van der Waals surface area contributed by atoms with E-state index in [-0.39, 0.29) is 35.3 Å². The van der Waals surface area contributed by atoms with E-state index in [0.717, 1.165) is 31.6 Å². The predicted octanol–water partition coefficient (Wildman–Crippen LogP) is -1.81. The third-order valence-electron chi connectivity index (χ3n) is 3.92. The van der Waals surface area contributed by atoms with E-state index in [2.05, 4.69) is 12.1 Å². The van der Waals surface area contributed by atoms with Crippen LogP contribution in [0, 0.1) is 5.92 Å². The third-order valence-corrected chi connectivity index (χ3v) is 3.92. The Labute approximate surface area is 155 Å². The Morgan fingerprint density at radius 3 is 2.74 bits per heavy atom. The molecular weight excluding hydrogens is 307 g/mol. The summed E-state index contributed by atoms with van der Waals surface area (Å²) >= 11 is 0. The van der Waals surface area contributed by atoms with Crippen LogP contribution in [0.25, 0.3) is 0 Å². The van der Waals surface area contributed by atoms with E-state index in [1.54, 1.807) is 0 Å². The minimum Gasteiger partial charge on any atom is -0.542 e. The van der Waals surface area contributed by atoms with Crippen LogP contribution in [-0.4, -0.2) is 12.6 Å². The van der Waals surface area contributed by atoms with Crippen LogP contribution in [0.3, 0.4) is 0 Å². The quantitative estimate of drug-likeness (QED) is 0.620. The molecule has 0 spiro atoms. The molecule has 0 bridgehead atoms. The van der Waals surface area contributed by atoms with E-state index in [1.807, 2.05) is 12.1 Å². The maximum absolute atomic E-state index is 11.7. The summed E-state index contributed by atoms with van der Waals surface area (Å²) < 4.78 is 10.3. The zero-order valence-corrected chi connectivity index (χ0v) is 14.9. The first kappa shape index (κ1) is 17.8. The van der Waals surface area contributed by atoms with Gasteiger partial charge in [-0.05, 0) is 36.3 Å². The minimum absolute atomic E-state index is 0. The average molecular weight is 322 g/mol. The maximum atomic E-state index is 11.7. The standard InChI is InChI=1S/C17H16O5.Na/c18-14-8-15(17(19)20)22-10-16(14)21-9-11-5-6-12-3-1-2-4-13(12)7-11;/h1-4,8,10-11H,5-7,9H2,(H,19,20);/q;+1/p-1. The van der Waals surface area contributed by atoms with Gasteiger partial charge < -0.3 is 19.1 Å². The molecule has 1 heterocycles. The number of hydrogen-bond acceptors (Lipinski definition) is 5. The van der Waals surface area contributed by atoms with Crippen molar-refractivity contribution in [2.24, 2.45) is 5.92 Å². The summed E-state index contributed by atoms with van der Waals surface area (Å²) in [5, 5.41) is 10.6. The number of carboxylic acid groups (broad SMARTS) is 1. The SMILES string of the molecule is O=C([O-])c1cc(=O)c(OCC2CCc3ccccc3C2)co1.[Na+]. The topological polar surface area (TPSA) is 79.6 Å². The Bertz CT molecular complexity index is 753. The number of ether oxygens (including phenoxy) is 1. The van der Waals surface area contributed by atoms with Gasteiger partial charge in [0.25, 0.3) is 0 Å². The van der Waals surface area contributed by atoms with Crippen molar-refractivity contribution in [2.75, 3.05) is 6.61 Å². The Hall–Kier alpha value is -1.56. The number of carbonyl (C=O) groups is 1. The second-order valence-electron chi connectivity index (χ2n) is 5.45. The van der Waals surface area contributed by atoms with E-state index >= 15 is 0 Å². The molecule has 1 aliphatic rings. The molecule has 114 valence electrons. The van der Waals surface area contributed by atoms with Crippen molar-refractivity contribution in [3.63, 3.8) is 0 Å². The molecule has 0 fully saturated rings. The zero-order valence-electron chi connectivity index (χ0n) is 12.9. The van der Waals surface area contributed by atoms with Crippen LogP contribution >= 0.6 is 0 Å². The van der Waals surface area contributed by atoms with Gasteiger partial charge in [-0.1, -0.05) is 24.3 Å². The van der Waals surface area contributed by atoms with Crippen LogP contribution in [0.5, 0.6) is 5.75 Å². The molecule has 0 N–H and O–H groups in total. The van der Waals surface area contributed by atoms with Gasteiger partial charge in [0.05, 0.1) is 6.61 Å². The number of aryl methyl sites for hydroxylation is 1. The van der Waals surface area contributed by atoms with Crippen molar-refractivity contribution in [1.29, 1.82) is 0 Å². The molecular formula is C17H15NaO5. The summed E-state index contributed by atoms with van der Waals surface area (Å²) in [5.41, 5.74) is 2.18. The maximum Gasteiger partial charge on any atom is 1.00 e. The van der Waals surface area contributed by atoms with Crippen molar-refractivity contribution in [3.8, 4) is 5.75 Å². The fraction of sp³-hybridized carbons (Fsp3) is 0.294. The fourth-order valence-electron chi connectivity index (χ4n) is 2.73. The van der Waals surface area contributed by atoms with Crippen molar-refractivity contribution < 1.29 is 48.6 Å². The number of carbonyl (C=O) groups excluding carboxylic acids is 1. The average Bonchev–Trinajstić information content (AvgIpc) is 2.53. The molecule has 0 aliphatic heterocycles. The molecule has 5 nitrogen and oxygen atoms in total. The Morgan fingerprint density at radius 2 is 2.04 bits per heavy atom. The summed E-state index contributed by atoms with van der Waals surface area (Å²) in [7, 11) is 0. The number of carboxylic acids is 1. The van der Waals surface area contributed by atoms with Gasteiger partial charge in [0.1, 0.15) is 12.2 Å². The Kier molecular flexibility index (Phi) is 6.04. The number of rotatable bonds is 4. The molecule has 0 saturated carbocycles. The third kappa shape index (κ3) is 4.25. The van der Waals surface area contributed by atoms with Crippen LogP contribution in [-0.2, 0) is 12.8 Å². The molecule has 2 aromatic rings. The van der Waals surface area contributed by atoms with Gasteiger partial charge in [0.2, 0.25) is 11.2 Å². The van der Waals surface area contributed by atoms with E-state index in [4.69, 9.17) is 9.15 Å². The smallest absolute Gasteiger partial charge is 0.542 e. The molecule has 0 radical (unpaired) electrons. The molecule has 1 aromatic carbocycles. The van der Waals surface area contributed by atoms with Crippen LogP contribution in [0.4, 0.5) is 0 Å². The molecule has 1 aromatic heterocycles. The van der Waals surface area contributed by atoms with Crippen molar-refractivity contribution >= 4 is 5.97 Å². The van der Waals surface area contributed by atoms with Crippen molar-refractivity contribution in [2.45, 2.75) is 19.3 Å². The van der Waals surface area contributed by atoms with Gasteiger partial charge in [-0.2, -0.15) is 0 Å². The van der Waals surface area contributed by atoms with E-state index in [9.17, 15) is 14.7 Å². The molecule has 3 rings (SSSR count). The number of hydrogen-bond donors (Lipinski definition) is 0. The van der Waals surface area contributed by atoms with Crippen molar-refractivity contribution in [3.05, 3.63) is 63.7 Å². The van der Waals surface area contributed by atoms with Crippen LogP contribution in [0.2, 0.25) is 0 Å². The fourth-order valence-corrected chi connectivity index (χ4v) is 2.73. The van der Waals surface area contributed by atoms with Gasteiger partial charge in [0.15, 0.2) is 5.76 Å². The van der Waals surface area contributed by atoms with Crippen LogP contribution < -0.4 is 44.8 Å². The molecule has 0 saturated heterocycles. The van der Waals surface area contributed by atoms with Gasteiger partial charge in [-0.25, -0.2) is 0 Å². The summed E-state index contributed by atoms with van der Waals surface area (Å²) in [5.74, 6) is -1.66. The summed E-state index contributed by atoms with van der Waals surface area (Å²) in [6, 6.07) is 9.19. The van der Waals surface area contributed by atoms with Gasteiger partial charge >= 0.3 is 29.6 Å². The monoisotopic (exact) mass is 322 g/mol. The van der Waals surface area contributed by atoms with E-state index < -0.39 is 17.2 Å². The van der Waals surface area contributed by atoms with E-state index in [0.29, 0.717) is 12.5 Å². The Balaban J connectivity index is 0.00000192. The zero-order chi connectivity index (χ0) is 15.5. The van der Waals surface area contributed by atoms with Crippen LogP contribution in [0.1, 0.15) is 28.1 Å². The number of benzene rings is 1. The summed E-state index contributed by atoms with van der Waals surface area (Å²) in [6.45, 7) is 0.407.